The third-order valence-electron chi connectivity index (χ3n) is 2.61. The van der Waals surface area contributed by atoms with Crippen molar-refractivity contribution < 1.29 is 0 Å². The van der Waals surface area contributed by atoms with Crippen molar-refractivity contribution in [3.05, 3.63) is 35.8 Å². The summed E-state index contributed by atoms with van der Waals surface area (Å²) in [4.78, 5) is 6.44. The van der Waals surface area contributed by atoms with Crippen LogP contribution in [0.3, 0.4) is 0 Å². The lowest BCUT2D eigenvalue weighted by Gasteiger charge is -2.19. The number of hydrogen-bond acceptors (Lipinski definition) is 4. The van der Waals surface area contributed by atoms with Crippen molar-refractivity contribution >= 4 is 11.5 Å². The number of nitrogen functional groups attached to an aromatic ring is 1. The molecule has 0 atom stereocenters. The zero-order chi connectivity index (χ0) is 12.4. The van der Waals surface area contributed by atoms with E-state index in [9.17, 15) is 0 Å². The molecule has 5 nitrogen and oxygen atoms in total. The molecule has 0 spiro atoms. The topological polar surface area (TPSA) is 60.0 Å². The van der Waals surface area contributed by atoms with Crippen LogP contribution in [-0.4, -0.2) is 21.8 Å². The summed E-state index contributed by atoms with van der Waals surface area (Å²) in [5, 5.41) is 4.15. The van der Waals surface area contributed by atoms with Gasteiger partial charge in [-0.05, 0) is 18.6 Å². The van der Waals surface area contributed by atoms with Gasteiger partial charge in [-0.15, -0.1) is 0 Å². The average molecular weight is 231 g/mol. The lowest BCUT2D eigenvalue weighted by atomic mass is 10.2. The summed E-state index contributed by atoms with van der Waals surface area (Å²) in [7, 11) is 3.93. The molecule has 0 aliphatic rings. The molecule has 5 heteroatoms. The lowest BCUT2D eigenvalue weighted by Crippen LogP contribution is -2.18. The highest BCUT2D eigenvalue weighted by molar-refractivity contribution is 5.52. The van der Waals surface area contributed by atoms with Gasteiger partial charge in [0, 0.05) is 32.4 Å². The summed E-state index contributed by atoms with van der Waals surface area (Å²) in [5.74, 6) is 0.947. The van der Waals surface area contributed by atoms with Gasteiger partial charge in [-0.1, -0.05) is 0 Å². The van der Waals surface area contributed by atoms with Gasteiger partial charge in [0.15, 0.2) is 0 Å². The van der Waals surface area contributed by atoms with Gasteiger partial charge in [-0.3, -0.25) is 4.68 Å². The molecule has 0 bridgehead atoms. The predicted octanol–water partition coefficient (Wildman–Crippen LogP) is 1.34. The fourth-order valence-electron chi connectivity index (χ4n) is 1.89. The smallest absolute Gasteiger partial charge is 0.131 e. The van der Waals surface area contributed by atoms with Crippen LogP contribution >= 0.6 is 0 Å². The van der Waals surface area contributed by atoms with Crippen LogP contribution in [0.2, 0.25) is 0 Å². The number of anilines is 2. The predicted molar refractivity (Wildman–Crippen MR) is 68.7 cm³/mol. The minimum Gasteiger partial charge on any atom is -0.397 e. The second kappa shape index (κ2) is 4.45. The SMILES string of the molecule is Cc1cc(N)cnc1N(C)Cc1cnn(C)c1. The Hall–Kier alpha value is -2.04. The zero-order valence-corrected chi connectivity index (χ0v) is 10.4. The van der Waals surface area contributed by atoms with Crippen LogP contribution in [0.5, 0.6) is 0 Å². The molecule has 2 N–H and O–H groups in total. The molecule has 2 aromatic rings. The van der Waals surface area contributed by atoms with E-state index in [1.807, 2.05) is 39.5 Å². The van der Waals surface area contributed by atoms with Gasteiger partial charge in [0.05, 0.1) is 18.1 Å². The first kappa shape index (κ1) is 11.4. The largest absolute Gasteiger partial charge is 0.397 e. The van der Waals surface area contributed by atoms with E-state index in [-0.39, 0.29) is 0 Å². The standard InChI is InChI=1S/C12H17N5/c1-9-4-11(13)6-14-12(9)16(2)7-10-5-15-17(3)8-10/h4-6,8H,7,13H2,1-3H3. The van der Waals surface area contributed by atoms with E-state index in [0.717, 1.165) is 23.5 Å². The van der Waals surface area contributed by atoms with Crippen molar-refractivity contribution in [3.8, 4) is 0 Å². The Kier molecular flexibility index (Phi) is 2.99. The first-order valence-corrected chi connectivity index (χ1v) is 5.47. The average Bonchev–Trinajstić information content (AvgIpc) is 2.63. The minimum absolute atomic E-state index is 0.695. The molecule has 2 aromatic heterocycles. The summed E-state index contributed by atoms with van der Waals surface area (Å²) in [5.41, 5.74) is 8.62. The molecule has 17 heavy (non-hydrogen) atoms. The van der Waals surface area contributed by atoms with Crippen LogP contribution in [0, 0.1) is 6.92 Å². The van der Waals surface area contributed by atoms with Crippen LogP contribution in [0.1, 0.15) is 11.1 Å². The number of nitrogens with zero attached hydrogens (tertiary/aromatic N) is 4. The maximum atomic E-state index is 5.69. The van der Waals surface area contributed by atoms with Crippen molar-refractivity contribution in [1.29, 1.82) is 0 Å². The van der Waals surface area contributed by atoms with E-state index in [2.05, 4.69) is 15.0 Å². The Labute approximate surface area is 101 Å². The van der Waals surface area contributed by atoms with Gasteiger partial charge in [-0.2, -0.15) is 5.10 Å². The third kappa shape index (κ3) is 2.55. The molecule has 0 aliphatic heterocycles. The molecule has 0 saturated heterocycles. The number of aryl methyl sites for hydroxylation is 2. The Morgan fingerprint density at radius 1 is 1.41 bits per heavy atom. The number of pyridine rings is 1. The van der Waals surface area contributed by atoms with E-state index >= 15 is 0 Å². The molecule has 0 radical (unpaired) electrons. The van der Waals surface area contributed by atoms with Gasteiger partial charge in [0.2, 0.25) is 0 Å². The number of aromatic nitrogens is 3. The first-order valence-electron chi connectivity index (χ1n) is 5.47. The van der Waals surface area contributed by atoms with Crippen LogP contribution < -0.4 is 10.6 Å². The van der Waals surface area contributed by atoms with E-state index < -0.39 is 0 Å². The molecule has 90 valence electrons. The summed E-state index contributed by atoms with van der Waals surface area (Å²) < 4.78 is 1.80. The quantitative estimate of drug-likeness (QED) is 0.866. The molecule has 2 heterocycles. The Bertz CT molecular complexity index is 517. The number of nitrogens with two attached hydrogens (primary N) is 1. The van der Waals surface area contributed by atoms with E-state index in [0.29, 0.717) is 5.69 Å². The molecule has 0 aromatic carbocycles. The molecule has 0 aliphatic carbocycles. The normalized spacial score (nSPS) is 10.5. The zero-order valence-electron chi connectivity index (χ0n) is 10.4. The van der Waals surface area contributed by atoms with Crippen molar-refractivity contribution in [2.24, 2.45) is 7.05 Å². The summed E-state index contributed by atoms with van der Waals surface area (Å²) in [6.45, 7) is 2.80. The van der Waals surface area contributed by atoms with Gasteiger partial charge in [-0.25, -0.2) is 4.98 Å². The molecule has 0 fully saturated rings. The maximum Gasteiger partial charge on any atom is 0.131 e. The van der Waals surface area contributed by atoms with Crippen molar-refractivity contribution in [1.82, 2.24) is 14.8 Å². The second-order valence-corrected chi connectivity index (χ2v) is 4.29. The van der Waals surface area contributed by atoms with Crippen LogP contribution in [0.25, 0.3) is 0 Å². The van der Waals surface area contributed by atoms with Crippen LogP contribution in [0.15, 0.2) is 24.7 Å². The fourth-order valence-corrected chi connectivity index (χ4v) is 1.89. The highest BCUT2D eigenvalue weighted by Crippen LogP contribution is 2.19. The van der Waals surface area contributed by atoms with Crippen LogP contribution in [0.4, 0.5) is 11.5 Å². The Morgan fingerprint density at radius 3 is 2.76 bits per heavy atom. The summed E-state index contributed by atoms with van der Waals surface area (Å²) in [6, 6.07) is 1.93. The monoisotopic (exact) mass is 231 g/mol. The van der Waals surface area contributed by atoms with E-state index in [1.165, 1.54) is 0 Å². The van der Waals surface area contributed by atoms with Crippen molar-refractivity contribution in [2.75, 3.05) is 17.7 Å². The Balaban J connectivity index is 2.17. The van der Waals surface area contributed by atoms with Gasteiger partial charge in [0.1, 0.15) is 5.82 Å². The fraction of sp³-hybridized carbons (Fsp3) is 0.333. The molecular weight excluding hydrogens is 214 g/mol. The third-order valence-corrected chi connectivity index (χ3v) is 2.61. The lowest BCUT2D eigenvalue weighted by molar-refractivity contribution is 0.766. The first-order chi connectivity index (χ1) is 8.06. The van der Waals surface area contributed by atoms with Crippen molar-refractivity contribution in [2.45, 2.75) is 13.5 Å². The van der Waals surface area contributed by atoms with E-state index in [4.69, 9.17) is 5.73 Å². The second-order valence-electron chi connectivity index (χ2n) is 4.29. The van der Waals surface area contributed by atoms with Crippen LogP contribution in [-0.2, 0) is 13.6 Å². The van der Waals surface area contributed by atoms with Crippen molar-refractivity contribution in [3.63, 3.8) is 0 Å². The summed E-state index contributed by atoms with van der Waals surface area (Å²) in [6.07, 6.45) is 5.55. The van der Waals surface area contributed by atoms with Gasteiger partial charge in [0.25, 0.3) is 0 Å². The molecular formula is C12H17N5. The van der Waals surface area contributed by atoms with E-state index in [1.54, 1.807) is 10.9 Å². The molecule has 0 unspecified atom stereocenters. The minimum atomic E-state index is 0.695. The number of rotatable bonds is 3. The van der Waals surface area contributed by atoms with Gasteiger partial charge < -0.3 is 10.6 Å². The highest BCUT2D eigenvalue weighted by Gasteiger charge is 2.08. The maximum absolute atomic E-state index is 5.69. The molecule has 0 amide bonds. The summed E-state index contributed by atoms with van der Waals surface area (Å²) >= 11 is 0. The Morgan fingerprint density at radius 2 is 2.18 bits per heavy atom. The highest BCUT2D eigenvalue weighted by atomic mass is 15.2. The number of hydrogen-bond donors (Lipinski definition) is 1. The van der Waals surface area contributed by atoms with Gasteiger partial charge >= 0.3 is 0 Å². The molecule has 2 rings (SSSR count). The molecule has 0 saturated carbocycles.